The lowest BCUT2D eigenvalue weighted by Crippen LogP contribution is -2.05. The summed E-state index contributed by atoms with van der Waals surface area (Å²) in [4.78, 5) is 14.3. The van der Waals surface area contributed by atoms with Gasteiger partial charge in [0.05, 0.1) is 16.5 Å². The number of nitrogens with zero attached hydrogens (tertiary/aromatic N) is 1. The van der Waals surface area contributed by atoms with Crippen LogP contribution in [0.2, 0.25) is 0 Å². The molecule has 0 saturated heterocycles. The van der Waals surface area contributed by atoms with Crippen LogP contribution in [0.5, 0.6) is 11.5 Å². The monoisotopic (exact) mass is 262 g/mol. The van der Waals surface area contributed by atoms with Crippen molar-refractivity contribution >= 4 is 21.6 Å². The molecule has 0 amide bonds. The molecule has 0 aliphatic heterocycles. The van der Waals surface area contributed by atoms with Gasteiger partial charge in [-0.25, -0.2) is 0 Å². The third-order valence-corrected chi connectivity index (χ3v) is 2.18. The summed E-state index contributed by atoms with van der Waals surface area (Å²) in [6.45, 7) is 0. The van der Waals surface area contributed by atoms with Crippen LogP contribution in [0, 0.1) is 10.1 Å². The van der Waals surface area contributed by atoms with E-state index in [0.29, 0.717) is 10.2 Å². The first-order valence-corrected chi connectivity index (χ1v) is 4.28. The Balaban J connectivity index is 3.31. The molecule has 1 aromatic carbocycles. The lowest BCUT2D eigenvalue weighted by Gasteiger charge is -2.05. The minimum atomic E-state index is -0.591. The largest absolute Gasteiger partial charge is 0.495 e. The van der Waals surface area contributed by atoms with Crippen molar-refractivity contribution in [3.63, 3.8) is 0 Å². The molecular weight excluding hydrogens is 256 g/mol. The summed E-state index contributed by atoms with van der Waals surface area (Å²) in [7, 11) is 1.44. The van der Waals surface area contributed by atoms with Gasteiger partial charge in [-0.3, -0.25) is 10.1 Å². The summed E-state index contributed by atoms with van der Waals surface area (Å²) in [5, 5.41) is 10.5. The number of methoxy groups -OCH3 is 1. The van der Waals surface area contributed by atoms with E-state index in [1.165, 1.54) is 19.2 Å². The van der Waals surface area contributed by atoms with Gasteiger partial charge in [0.25, 0.3) is 0 Å². The molecule has 1 aromatic rings. The molecule has 0 unspecified atom stereocenters. The number of rotatable bonds is 3. The maximum atomic E-state index is 10.5. The van der Waals surface area contributed by atoms with E-state index < -0.39 is 4.92 Å². The van der Waals surface area contributed by atoms with Crippen molar-refractivity contribution < 1.29 is 14.5 Å². The quantitative estimate of drug-likeness (QED) is 0.661. The number of halogens is 1. The lowest BCUT2D eigenvalue weighted by molar-refractivity contribution is -0.386. The molecule has 1 rings (SSSR count). The second-order valence-corrected chi connectivity index (χ2v) is 3.18. The van der Waals surface area contributed by atoms with Crippen molar-refractivity contribution in [1.82, 2.24) is 0 Å². The summed E-state index contributed by atoms with van der Waals surface area (Å²) < 4.78 is 5.38. The van der Waals surface area contributed by atoms with Gasteiger partial charge in [0.2, 0.25) is 5.75 Å². The molecule has 0 bridgehead atoms. The van der Waals surface area contributed by atoms with E-state index in [1.807, 2.05) is 0 Å². The van der Waals surface area contributed by atoms with Crippen LogP contribution < -0.4 is 15.5 Å². The Labute approximate surface area is 87.8 Å². The first-order valence-electron chi connectivity index (χ1n) is 3.48. The van der Waals surface area contributed by atoms with E-state index in [4.69, 9.17) is 10.6 Å². The van der Waals surface area contributed by atoms with Gasteiger partial charge in [0, 0.05) is 12.1 Å². The number of nitro benzene ring substituents is 1. The number of nitro groups is 1. The fourth-order valence-electron chi connectivity index (χ4n) is 0.918. The summed E-state index contributed by atoms with van der Waals surface area (Å²) in [6.07, 6.45) is 0. The average molecular weight is 263 g/mol. The van der Waals surface area contributed by atoms with Crippen LogP contribution in [0.25, 0.3) is 0 Å². The summed E-state index contributed by atoms with van der Waals surface area (Å²) >= 11 is 3.11. The number of hydrogen-bond acceptors (Lipinski definition) is 5. The molecule has 0 spiro atoms. The van der Waals surface area contributed by atoms with Gasteiger partial charge < -0.3 is 9.57 Å². The third kappa shape index (κ3) is 1.94. The highest BCUT2D eigenvalue weighted by Crippen LogP contribution is 2.36. The van der Waals surface area contributed by atoms with Gasteiger partial charge in [0.1, 0.15) is 5.75 Å². The molecule has 6 nitrogen and oxygen atoms in total. The summed E-state index contributed by atoms with van der Waals surface area (Å²) in [5.74, 6) is 5.25. The van der Waals surface area contributed by atoms with E-state index >= 15 is 0 Å². The normalized spacial score (nSPS) is 9.64. The van der Waals surface area contributed by atoms with Gasteiger partial charge >= 0.3 is 5.69 Å². The van der Waals surface area contributed by atoms with Gasteiger partial charge in [-0.2, -0.15) is 5.90 Å². The van der Waals surface area contributed by atoms with Crippen molar-refractivity contribution in [2.75, 3.05) is 7.11 Å². The highest BCUT2D eigenvalue weighted by Gasteiger charge is 2.18. The Morgan fingerprint density at radius 1 is 1.50 bits per heavy atom. The molecule has 0 aromatic heterocycles. The highest BCUT2D eigenvalue weighted by atomic mass is 79.9. The Morgan fingerprint density at radius 3 is 2.57 bits per heavy atom. The fraction of sp³-hybridized carbons (Fsp3) is 0.143. The molecule has 0 saturated carbocycles. The molecule has 0 atom stereocenters. The minimum Gasteiger partial charge on any atom is -0.495 e. The molecule has 0 radical (unpaired) electrons. The lowest BCUT2D eigenvalue weighted by atomic mass is 10.3. The molecule has 0 heterocycles. The average Bonchev–Trinajstić information content (AvgIpc) is 2.17. The van der Waals surface area contributed by atoms with Crippen LogP contribution in [0.3, 0.4) is 0 Å². The number of nitrogens with two attached hydrogens (primary N) is 1. The van der Waals surface area contributed by atoms with Crippen LogP contribution in [0.15, 0.2) is 16.6 Å². The Hall–Kier alpha value is -1.34. The third-order valence-electron chi connectivity index (χ3n) is 1.56. The van der Waals surface area contributed by atoms with Gasteiger partial charge in [-0.05, 0) is 15.9 Å². The van der Waals surface area contributed by atoms with E-state index in [1.54, 1.807) is 0 Å². The van der Waals surface area contributed by atoms with Crippen LogP contribution in [0.1, 0.15) is 0 Å². The zero-order chi connectivity index (χ0) is 10.7. The fourth-order valence-corrected chi connectivity index (χ4v) is 1.41. The zero-order valence-corrected chi connectivity index (χ0v) is 8.78. The second kappa shape index (κ2) is 4.25. The van der Waals surface area contributed by atoms with E-state index in [2.05, 4.69) is 20.8 Å². The Morgan fingerprint density at radius 2 is 2.14 bits per heavy atom. The first-order chi connectivity index (χ1) is 6.60. The predicted molar refractivity (Wildman–Crippen MR) is 52.2 cm³/mol. The maximum Gasteiger partial charge on any atom is 0.314 e. The van der Waals surface area contributed by atoms with Crippen molar-refractivity contribution in [2.45, 2.75) is 0 Å². The van der Waals surface area contributed by atoms with Crippen molar-refractivity contribution in [3.8, 4) is 11.5 Å². The first kappa shape index (κ1) is 10.7. The number of ether oxygens (including phenoxy) is 1. The predicted octanol–water partition coefficient (Wildman–Crippen LogP) is 1.62. The summed E-state index contributed by atoms with van der Waals surface area (Å²) in [5.41, 5.74) is -0.222. The van der Waals surface area contributed by atoms with Crippen molar-refractivity contribution in [1.29, 1.82) is 0 Å². The molecule has 14 heavy (non-hydrogen) atoms. The SMILES string of the molecule is COc1cc(ON)c([N+](=O)[O-])cc1Br. The van der Waals surface area contributed by atoms with E-state index in [-0.39, 0.29) is 11.4 Å². The number of benzene rings is 1. The van der Waals surface area contributed by atoms with Gasteiger partial charge in [0.15, 0.2) is 0 Å². The summed E-state index contributed by atoms with van der Waals surface area (Å²) in [6, 6.07) is 2.60. The Kier molecular flexibility index (Phi) is 3.26. The molecule has 0 aliphatic rings. The standard InChI is InChI=1S/C7H7BrN2O4/c1-13-6-3-7(14-9)5(10(11)12)2-4(6)8/h2-3H,9H2,1H3. The van der Waals surface area contributed by atoms with Crippen LogP contribution in [0.4, 0.5) is 5.69 Å². The van der Waals surface area contributed by atoms with Crippen LogP contribution in [-0.2, 0) is 0 Å². The van der Waals surface area contributed by atoms with Gasteiger partial charge in [-0.1, -0.05) is 0 Å². The highest BCUT2D eigenvalue weighted by molar-refractivity contribution is 9.10. The van der Waals surface area contributed by atoms with Crippen LogP contribution in [-0.4, -0.2) is 12.0 Å². The number of hydrogen-bond donors (Lipinski definition) is 1. The van der Waals surface area contributed by atoms with Crippen molar-refractivity contribution in [2.24, 2.45) is 5.90 Å². The topological polar surface area (TPSA) is 87.6 Å². The second-order valence-electron chi connectivity index (χ2n) is 2.33. The van der Waals surface area contributed by atoms with E-state index in [9.17, 15) is 10.1 Å². The molecule has 2 N–H and O–H groups in total. The smallest absolute Gasteiger partial charge is 0.314 e. The minimum absolute atomic E-state index is 0.0462. The molecule has 0 fully saturated rings. The molecule has 7 heteroatoms. The maximum absolute atomic E-state index is 10.5. The van der Waals surface area contributed by atoms with E-state index in [0.717, 1.165) is 0 Å². The molecular formula is C7H7BrN2O4. The van der Waals surface area contributed by atoms with Gasteiger partial charge in [-0.15, -0.1) is 0 Å². The van der Waals surface area contributed by atoms with Crippen LogP contribution >= 0.6 is 15.9 Å². The molecule has 76 valence electrons. The molecule has 0 aliphatic carbocycles. The Bertz CT molecular complexity index is 369. The van der Waals surface area contributed by atoms with Crippen molar-refractivity contribution in [3.05, 3.63) is 26.7 Å². The zero-order valence-electron chi connectivity index (χ0n) is 7.19.